The zero-order valence-electron chi connectivity index (χ0n) is 9.81. The maximum Gasteiger partial charge on any atom is 0.142 e. The van der Waals surface area contributed by atoms with E-state index in [1.807, 2.05) is 12.1 Å². The summed E-state index contributed by atoms with van der Waals surface area (Å²) in [5.74, 6) is 0.947. The maximum atomic E-state index is 5.78. The number of aryl methyl sites for hydroxylation is 1. The fourth-order valence-corrected chi connectivity index (χ4v) is 2.15. The molecule has 0 unspecified atom stereocenters. The van der Waals surface area contributed by atoms with Gasteiger partial charge in [-0.2, -0.15) is 0 Å². The molecule has 1 heterocycles. The molecule has 2 nitrogen and oxygen atoms in total. The van der Waals surface area contributed by atoms with E-state index in [0.717, 1.165) is 11.4 Å². The molecule has 0 spiro atoms. The quantitative estimate of drug-likeness (QED) is 0.801. The van der Waals surface area contributed by atoms with Crippen LogP contribution in [0.5, 0.6) is 5.75 Å². The molecule has 0 bridgehead atoms. The van der Waals surface area contributed by atoms with Crippen LogP contribution >= 0.6 is 0 Å². The first-order valence-corrected chi connectivity index (χ1v) is 5.88. The molecule has 0 saturated heterocycles. The molecule has 0 aromatic heterocycles. The molecule has 17 heavy (non-hydrogen) atoms. The smallest absolute Gasteiger partial charge is 0.142 e. The molecule has 1 aliphatic rings. The zero-order valence-corrected chi connectivity index (χ0v) is 9.81. The van der Waals surface area contributed by atoms with Crippen molar-refractivity contribution in [3.8, 4) is 5.75 Å². The highest BCUT2D eigenvalue weighted by molar-refractivity contribution is 5.60. The molecular weight excluding hydrogens is 210 g/mol. The normalized spacial score (nSPS) is 17.8. The van der Waals surface area contributed by atoms with E-state index in [4.69, 9.17) is 4.74 Å². The third-order valence-electron chi connectivity index (χ3n) is 3.07. The summed E-state index contributed by atoms with van der Waals surface area (Å²) < 4.78 is 5.78. The second-order valence-corrected chi connectivity index (χ2v) is 4.42. The van der Waals surface area contributed by atoms with Crippen molar-refractivity contribution in [3.05, 3.63) is 59.7 Å². The predicted octanol–water partition coefficient (Wildman–Crippen LogP) is 3.54. The van der Waals surface area contributed by atoms with Crippen molar-refractivity contribution in [3.63, 3.8) is 0 Å². The van der Waals surface area contributed by atoms with Crippen molar-refractivity contribution in [2.75, 3.05) is 11.9 Å². The van der Waals surface area contributed by atoms with Gasteiger partial charge in [0.1, 0.15) is 12.4 Å². The lowest BCUT2D eigenvalue weighted by Crippen LogP contribution is -2.23. The lowest BCUT2D eigenvalue weighted by molar-refractivity contribution is 0.286. The Labute approximate surface area is 101 Å². The van der Waals surface area contributed by atoms with Crippen LogP contribution in [0.25, 0.3) is 0 Å². The molecule has 2 aromatic carbocycles. The fraction of sp³-hybridized carbons (Fsp3) is 0.200. The lowest BCUT2D eigenvalue weighted by Gasteiger charge is -2.28. The van der Waals surface area contributed by atoms with Crippen LogP contribution in [-0.2, 0) is 0 Å². The van der Waals surface area contributed by atoms with E-state index >= 15 is 0 Å². The SMILES string of the molecule is Cc1ccc2c(c1)N[C@H](c1ccccc1)CO2. The summed E-state index contributed by atoms with van der Waals surface area (Å²) in [7, 11) is 0. The number of rotatable bonds is 1. The van der Waals surface area contributed by atoms with Crippen molar-refractivity contribution in [2.24, 2.45) is 0 Å². The highest BCUT2D eigenvalue weighted by Gasteiger charge is 2.19. The van der Waals surface area contributed by atoms with Gasteiger partial charge in [0.2, 0.25) is 0 Å². The predicted molar refractivity (Wildman–Crippen MR) is 69.5 cm³/mol. The van der Waals surface area contributed by atoms with E-state index in [0.29, 0.717) is 6.61 Å². The molecule has 3 rings (SSSR count). The van der Waals surface area contributed by atoms with E-state index in [9.17, 15) is 0 Å². The molecule has 1 N–H and O–H groups in total. The molecule has 0 aliphatic carbocycles. The van der Waals surface area contributed by atoms with Gasteiger partial charge in [0.15, 0.2) is 0 Å². The number of hydrogen-bond acceptors (Lipinski definition) is 2. The summed E-state index contributed by atoms with van der Waals surface area (Å²) in [5, 5.41) is 3.53. The van der Waals surface area contributed by atoms with Gasteiger partial charge in [0, 0.05) is 0 Å². The van der Waals surface area contributed by atoms with Crippen LogP contribution in [0.2, 0.25) is 0 Å². The zero-order chi connectivity index (χ0) is 11.7. The molecular formula is C15H15NO. The van der Waals surface area contributed by atoms with Crippen LogP contribution in [0.15, 0.2) is 48.5 Å². The van der Waals surface area contributed by atoms with Crippen LogP contribution in [0.4, 0.5) is 5.69 Å². The third-order valence-corrected chi connectivity index (χ3v) is 3.07. The second kappa shape index (κ2) is 4.13. The van der Waals surface area contributed by atoms with Crippen molar-refractivity contribution in [2.45, 2.75) is 13.0 Å². The van der Waals surface area contributed by atoms with Gasteiger partial charge in [-0.05, 0) is 30.2 Å². The number of hydrogen-bond donors (Lipinski definition) is 1. The molecule has 2 heteroatoms. The number of anilines is 1. The van der Waals surface area contributed by atoms with Gasteiger partial charge in [-0.15, -0.1) is 0 Å². The average Bonchev–Trinajstić information content (AvgIpc) is 2.39. The molecule has 0 saturated carbocycles. The topological polar surface area (TPSA) is 21.3 Å². The van der Waals surface area contributed by atoms with Crippen molar-refractivity contribution in [1.82, 2.24) is 0 Å². The number of fused-ring (bicyclic) bond motifs is 1. The molecule has 0 amide bonds. The van der Waals surface area contributed by atoms with E-state index in [2.05, 4.69) is 48.6 Å². The van der Waals surface area contributed by atoms with E-state index in [1.54, 1.807) is 0 Å². The minimum absolute atomic E-state index is 0.241. The summed E-state index contributed by atoms with van der Waals surface area (Å²) >= 11 is 0. The van der Waals surface area contributed by atoms with Gasteiger partial charge in [0.05, 0.1) is 11.7 Å². The standard InChI is InChI=1S/C15H15NO/c1-11-7-8-15-13(9-11)16-14(10-17-15)12-5-3-2-4-6-12/h2-9,14,16H,10H2,1H3/t14-/m0/s1. The van der Waals surface area contributed by atoms with Gasteiger partial charge in [-0.3, -0.25) is 0 Å². The summed E-state index contributed by atoms with van der Waals surface area (Å²) in [6, 6.07) is 16.9. The van der Waals surface area contributed by atoms with Crippen LogP contribution in [0, 0.1) is 6.92 Å². The first-order chi connectivity index (χ1) is 8.33. The Morgan fingerprint density at radius 2 is 1.94 bits per heavy atom. The highest BCUT2D eigenvalue weighted by Crippen LogP contribution is 2.34. The minimum Gasteiger partial charge on any atom is -0.489 e. The summed E-state index contributed by atoms with van der Waals surface area (Å²) in [4.78, 5) is 0. The van der Waals surface area contributed by atoms with Gasteiger partial charge in [-0.1, -0.05) is 36.4 Å². The monoisotopic (exact) mass is 225 g/mol. The maximum absolute atomic E-state index is 5.78. The Morgan fingerprint density at radius 3 is 2.76 bits per heavy atom. The summed E-state index contributed by atoms with van der Waals surface area (Å²) in [6.07, 6.45) is 0. The van der Waals surface area contributed by atoms with E-state index in [1.165, 1.54) is 11.1 Å². The Balaban J connectivity index is 1.90. The lowest BCUT2D eigenvalue weighted by atomic mass is 10.1. The van der Waals surface area contributed by atoms with Gasteiger partial charge >= 0.3 is 0 Å². The summed E-state index contributed by atoms with van der Waals surface area (Å²) in [5.41, 5.74) is 3.60. The van der Waals surface area contributed by atoms with Gasteiger partial charge in [0.25, 0.3) is 0 Å². The molecule has 2 aromatic rings. The van der Waals surface area contributed by atoms with Crippen molar-refractivity contribution >= 4 is 5.69 Å². The Kier molecular flexibility index (Phi) is 2.48. The van der Waals surface area contributed by atoms with Crippen molar-refractivity contribution in [1.29, 1.82) is 0 Å². The molecule has 0 fully saturated rings. The Hall–Kier alpha value is -1.96. The number of benzene rings is 2. The molecule has 86 valence electrons. The van der Waals surface area contributed by atoms with Crippen LogP contribution in [0.3, 0.4) is 0 Å². The molecule has 0 radical (unpaired) electrons. The fourth-order valence-electron chi connectivity index (χ4n) is 2.15. The first kappa shape index (κ1) is 10.2. The Morgan fingerprint density at radius 1 is 1.12 bits per heavy atom. The highest BCUT2D eigenvalue weighted by atomic mass is 16.5. The largest absolute Gasteiger partial charge is 0.489 e. The second-order valence-electron chi connectivity index (χ2n) is 4.42. The number of ether oxygens (including phenoxy) is 1. The van der Waals surface area contributed by atoms with Crippen LogP contribution in [-0.4, -0.2) is 6.61 Å². The van der Waals surface area contributed by atoms with E-state index in [-0.39, 0.29) is 6.04 Å². The number of nitrogens with one attached hydrogen (secondary N) is 1. The summed E-state index contributed by atoms with van der Waals surface area (Å²) in [6.45, 7) is 2.77. The van der Waals surface area contributed by atoms with E-state index < -0.39 is 0 Å². The van der Waals surface area contributed by atoms with Gasteiger partial charge in [-0.25, -0.2) is 0 Å². The minimum atomic E-state index is 0.241. The first-order valence-electron chi connectivity index (χ1n) is 5.88. The molecule has 1 atom stereocenters. The van der Waals surface area contributed by atoms with Crippen LogP contribution < -0.4 is 10.1 Å². The third kappa shape index (κ3) is 1.98. The Bertz CT molecular complexity index is 522. The van der Waals surface area contributed by atoms with Crippen molar-refractivity contribution < 1.29 is 4.74 Å². The van der Waals surface area contributed by atoms with Gasteiger partial charge < -0.3 is 10.1 Å². The van der Waals surface area contributed by atoms with Crippen LogP contribution in [0.1, 0.15) is 17.2 Å². The molecule has 1 aliphatic heterocycles. The average molecular weight is 225 g/mol.